The molecule has 0 unspecified atom stereocenters. The van der Waals surface area contributed by atoms with Crippen LogP contribution in [0.15, 0.2) is 30.6 Å². The van der Waals surface area contributed by atoms with E-state index in [1.807, 2.05) is 18.3 Å². The molecule has 2 heterocycles. The Hall–Kier alpha value is -1.90. The molecule has 0 saturated carbocycles. The minimum absolute atomic E-state index is 0.759. The van der Waals surface area contributed by atoms with E-state index in [9.17, 15) is 4.79 Å². The van der Waals surface area contributed by atoms with Crippen molar-refractivity contribution in [2.45, 2.75) is 0 Å². The molecule has 3 heteroatoms. The van der Waals surface area contributed by atoms with Crippen molar-refractivity contribution in [1.29, 1.82) is 0 Å². The summed E-state index contributed by atoms with van der Waals surface area (Å²) >= 11 is 0. The predicted molar refractivity (Wildman–Crippen MR) is 51.2 cm³/mol. The number of carbonyl (C=O) groups excluding carboxylic acids is 1. The van der Waals surface area contributed by atoms with Crippen LogP contribution in [0.1, 0.15) is 5.56 Å². The standard InChI is InChI=1S/C10H8N2O/c13-6-2-3-8-7-12-10-9(8)4-1-5-11-10/h1-7H,(H,11,12). The Labute approximate surface area is 75.1 Å². The van der Waals surface area contributed by atoms with Gasteiger partial charge in [0.05, 0.1) is 0 Å². The molecule has 0 bridgehead atoms. The van der Waals surface area contributed by atoms with Crippen molar-refractivity contribution in [3.05, 3.63) is 36.2 Å². The second-order valence-electron chi connectivity index (χ2n) is 2.64. The van der Waals surface area contributed by atoms with Crippen LogP contribution in [0.3, 0.4) is 0 Å². The molecule has 0 atom stereocenters. The Kier molecular flexibility index (Phi) is 1.92. The first-order valence-electron chi connectivity index (χ1n) is 3.96. The minimum atomic E-state index is 0.759. The van der Waals surface area contributed by atoms with Crippen LogP contribution in [-0.2, 0) is 4.79 Å². The van der Waals surface area contributed by atoms with Gasteiger partial charge >= 0.3 is 0 Å². The predicted octanol–water partition coefficient (Wildman–Crippen LogP) is 1.77. The molecule has 0 spiro atoms. The summed E-state index contributed by atoms with van der Waals surface area (Å²) in [4.78, 5) is 17.3. The van der Waals surface area contributed by atoms with Crippen molar-refractivity contribution in [2.75, 3.05) is 0 Å². The number of aromatic nitrogens is 2. The lowest BCUT2D eigenvalue weighted by molar-refractivity contribution is -0.104. The summed E-state index contributed by atoms with van der Waals surface area (Å²) in [5, 5.41) is 1.03. The van der Waals surface area contributed by atoms with E-state index in [1.165, 1.54) is 6.08 Å². The van der Waals surface area contributed by atoms with Gasteiger partial charge in [-0.15, -0.1) is 0 Å². The fraction of sp³-hybridized carbons (Fsp3) is 0. The van der Waals surface area contributed by atoms with Gasteiger partial charge in [0.2, 0.25) is 0 Å². The van der Waals surface area contributed by atoms with Crippen molar-refractivity contribution >= 4 is 23.4 Å². The van der Waals surface area contributed by atoms with Crippen molar-refractivity contribution in [2.24, 2.45) is 0 Å². The van der Waals surface area contributed by atoms with Crippen LogP contribution in [0, 0.1) is 0 Å². The smallest absolute Gasteiger partial charge is 0.142 e. The lowest BCUT2D eigenvalue weighted by Crippen LogP contribution is -1.72. The first kappa shape index (κ1) is 7.73. The highest BCUT2D eigenvalue weighted by Gasteiger charge is 1.98. The molecule has 0 saturated heterocycles. The van der Waals surface area contributed by atoms with E-state index in [1.54, 1.807) is 12.3 Å². The molecule has 64 valence electrons. The van der Waals surface area contributed by atoms with Gasteiger partial charge in [0.25, 0.3) is 0 Å². The number of hydrogen-bond acceptors (Lipinski definition) is 2. The highest BCUT2D eigenvalue weighted by Crippen LogP contribution is 2.16. The highest BCUT2D eigenvalue weighted by molar-refractivity contribution is 5.88. The molecule has 0 aromatic carbocycles. The summed E-state index contributed by atoms with van der Waals surface area (Å²) in [7, 11) is 0. The quantitative estimate of drug-likeness (QED) is 0.554. The molecule has 0 aliphatic heterocycles. The number of nitrogens with zero attached hydrogens (tertiary/aromatic N) is 1. The van der Waals surface area contributed by atoms with E-state index in [4.69, 9.17) is 0 Å². The van der Waals surface area contributed by atoms with Crippen LogP contribution in [-0.4, -0.2) is 16.3 Å². The molecule has 0 fully saturated rings. The second kappa shape index (κ2) is 3.23. The van der Waals surface area contributed by atoms with Crippen molar-refractivity contribution in [1.82, 2.24) is 9.97 Å². The third-order valence-electron chi connectivity index (χ3n) is 1.84. The van der Waals surface area contributed by atoms with E-state index >= 15 is 0 Å². The molecular formula is C10H8N2O. The van der Waals surface area contributed by atoms with Gasteiger partial charge in [0.1, 0.15) is 11.9 Å². The summed E-state index contributed by atoms with van der Waals surface area (Å²) in [6.07, 6.45) is 7.54. The Morgan fingerprint density at radius 1 is 1.46 bits per heavy atom. The normalized spacial score (nSPS) is 11.1. The average molecular weight is 172 g/mol. The summed E-state index contributed by atoms with van der Waals surface area (Å²) in [6.45, 7) is 0. The van der Waals surface area contributed by atoms with Crippen LogP contribution >= 0.6 is 0 Å². The number of fused-ring (bicyclic) bond motifs is 1. The van der Waals surface area contributed by atoms with Crippen molar-refractivity contribution in [3.8, 4) is 0 Å². The van der Waals surface area contributed by atoms with Gasteiger partial charge in [-0.05, 0) is 24.3 Å². The summed E-state index contributed by atoms with van der Waals surface area (Å²) in [5.41, 5.74) is 1.82. The lowest BCUT2D eigenvalue weighted by Gasteiger charge is -1.87. The summed E-state index contributed by atoms with van der Waals surface area (Å²) in [5.74, 6) is 0. The van der Waals surface area contributed by atoms with E-state index in [0.29, 0.717) is 0 Å². The Balaban J connectivity index is 2.57. The van der Waals surface area contributed by atoms with Gasteiger partial charge in [0, 0.05) is 23.3 Å². The van der Waals surface area contributed by atoms with Crippen LogP contribution in [0.5, 0.6) is 0 Å². The molecule has 0 aliphatic rings. The summed E-state index contributed by atoms with van der Waals surface area (Å²) in [6, 6.07) is 3.83. The molecular weight excluding hydrogens is 164 g/mol. The number of aromatic amines is 1. The third kappa shape index (κ3) is 1.36. The van der Waals surface area contributed by atoms with Gasteiger partial charge < -0.3 is 4.98 Å². The second-order valence-corrected chi connectivity index (χ2v) is 2.64. The molecule has 3 nitrogen and oxygen atoms in total. The molecule has 0 aliphatic carbocycles. The molecule has 2 aromatic rings. The minimum Gasteiger partial charge on any atom is -0.346 e. The average Bonchev–Trinajstić information content (AvgIpc) is 2.58. The molecule has 1 N–H and O–H groups in total. The summed E-state index contributed by atoms with van der Waals surface area (Å²) < 4.78 is 0. The molecule has 13 heavy (non-hydrogen) atoms. The zero-order chi connectivity index (χ0) is 9.10. The highest BCUT2D eigenvalue weighted by atomic mass is 16.1. The maximum atomic E-state index is 10.1. The molecule has 2 rings (SSSR count). The lowest BCUT2D eigenvalue weighted by atomic mass is 10.2. The fourth-order valence-corrected chi connectivity index (χ4v) is 1.26. The number of allylic oxidation sites excluding steroid dienone is 1. The Morgan fingerprint density at radius 2 is 2.38 bits per heavy atom. The van der Waals surface area contributed by atoms with Gasteiger partial charge in [-0.3, -0.25) is 4.79 Å². The number of aldehydes is 1. The molecule has 2 aromatic heterocycles. The molecule has 0 amide bonds. The first-order valence-corrected chi connectivity index (χ1v) is 3.96. The fourth-order valence-electron chi connectivity index (χ4n) is 1.26. The van der Waals surface area contributed by atoms with Crippen LogP contribution in [0.25, 0.3) is 17.1 Å². The monoisotopic (exact) mass is 172 g/mol. The number of rotatable bonds is 2. The van der Waals surface area contributed by atoms with Gasteiger partial charge in [-0.2, -0.15) is 0 Å². The number of nitrogens with one attached hydrogen (secondary N) is 1. The van der Waals surface area contributed by atoms with Crippen LogP contribution < -0.4 is 0 Å². The molecule has 0 radical (unpaired) electrons. The zero-order valence-electron chi connectivity index (χ0n) is 6.90. The maximum absolute atomic E-state index is 10.1. The first-order chi connectivity index (χ1) is 6.42. The maximum Gasteiger partial charge on any atom is 0.142 e. The zero-order valence-corrected chi connectivity index (χ0v) is 6.90. The SMILES string of the molecule is O=CC=Cc1c[nH]c2ncccc12. The topological polar surface area (TPSA) is 45.8 Å². The van der Waals surface area contributed by atoms with Gasteiger partial charge in [-0.25, -0.2) is 4.98 Å². The van der Waals surface area contributed by atoms with E-state index in [0.717, 1.165) is 22.9 Å². The number of hydrogen-bond donors (Lipinski definition) is 1. The van der Waals surface area contributed by atoms with Crippen molar-refractivity contribution < 1.29 is 4.79 Å². The largest absolute Gasteiger partial charge is 0.346 e. The van der Waals surface area contributed by atoms with Crippen LogP contribution in [0.4, 0.5) is 0 Å². The van der Waals surface area contributed by atoms with Gasteiger partial charge in [0.15, 0.2) is 0 Å². The number of H-pyrrole nitrogens is 1. The van der Waals surface area contributed by atoms with E-state index in [2.05, 4.69) is 9.97 Å². The third-order valence-corrected chi connectivity index (χ3v) is 1.84. The van der Waals surface area contributed by atoms with E-state index < -0.39 is 0 Å². The Morgan fingerprint density at radius 3 is 3.23 bits per heavy atom. The van der Waals surface area contributed by atoms with Gasteiger partial charge in [-0.1, -0.05) is 0 Å². The number of pyridine rings is 1. The number of carbonyl (C=O) groups is 1. The van der Waals surface area contributed by atoms with Crippen LogP contribution in [0.2, 0.25) is 0 Å². The van der Waals surface area contributed by atoms with Crippen molar-refractivity contribution in [3.63, 3.8) is 0 Å². The van der Waals surface area contributed by atoms with E-state index in [-0.39, 0.29) is 0 Å². The Bertz CT molecular complexity index is 457.